The average molecular weight is 269 g/mol. The molecule has 0 radical (unpaired) electrons. The molecule has 0 bridgehead atoms. The third-order valence-corrected chi connectivity index (χ3v) is 3.52. The van der Waals surface area contributed by atoms with Crippen molar-refractivity contribution in [1.82, 2.24) is 10.3 Å². The van der Waals surface area contributed by atoms with E-state index in [4.69, 9.17) is 0 Å². The number of pyridine rings is 1. The van der Waals surface area contributed by atoms with Gasteiger partial charge in [0.15, 0.2) is 12.1 Å². The summed E-state index contributed by atoms with van der Waals surface area (Å²) in [7, 11) is 3.85. The maximum Gasteiger partial charge on any atom is 0.156 e. The van der Waals surface area contributed by atoms with Crippen molar-refractivity contribution in [3.05, 3.63) is 48.2 Å². The van der Waals surface area contributed by atoms with Gasteiger partial charge in [-0.2, -0.15) is 0 Å². The molecule has 20 heavy (non-hydrogen) atoms. The van der Waals surface area contributed by atoms with Crippen molar-refractivity contribution in [2.24, 2.45) is 0 Å². The molecule has 1 unspecified atom stereocenters. The topological polar surface area (TPSA) is 52.2 Å². The number of anilines is 3. The standard InChI is InChI=1S/C15H19N5/c1-16-12-8-13-14(18-9-12)19-15(17-2)20(13)10-11-6-4-3-5-7-11/h3-9,15-17H,10H2,1-2H3,(H,18,19). The highest BCUT2D eigenvalue weighted by Crippen LogP contribution is 2.34. The smallest absolute Gasteiger partial charge is 0.156 e. The van der Waals surface area contributed by atoms with E-state index < -0.39 is 0 Å². The molecule has 5 heteroatoms. The molecular formula is C15H19N5. The minimum absolute atomic E-state index is 0.0600. The van der Waals surface area contributed by atoms with Crippen molar-refractivity contribution in [1.29, 1.82) is 0 Å². The summed E-state index contributed by atoms with van der Waals surface area (Å²) in [4.78, 5) is 6.74. The van der Waals surface area contributed by atoms with Gasteiger partial charge in [-0.25, -0.2) is 4.98 Å². The van der Waals surface area contributed by atoms with Crippen molar-refractivity contribution < 1.29 is 0 Å². The number of aromatic nitrogens is 1. The fourth-order valence-electron chi connectivity index (χ4n) is 2.45. The minimum Gasteiger partial charge on any atom is -0.387 e. The van der Waals surface area contributed by atoms with Crippen LogP contribution in [0.15, 0.2) is 42.6 Å². The monoisotopic (exact) mass is 269 g/mol. The van der Waals surface area contributed by atoms with E-state index in [1.165, 1.54) is 5.56 Å². The van der Waals surface area contributed by atoms with E-state index in [0.29, 0.717) is 0 Å². The van der Waals surface area contributed by atoms with E-state index >= 15 is 0 Å². The maximum atomic E-state index is 4.46. The summed E-state index contributed by atoms with van der Waals surface area (Å²) in [5.74, 6) is 0.916. The fraction of sp³-hybridized carbons (Fsp3) is 0.267. The van der Waals surface area contributed by atoms with E-state index in [9.17, 15) is 0 Å². The van der Waals surface area contributed by atoms with Crippen molar-refractivity contribution in [2.75, 3.05) is 29.6 Å². The normalized spacial score (nSPS) is 16.7. The molecule has 0 saturated carbocycles. The average Bonchev–Trinajstić information content (AvgIpc) is 2.85. The van der Waals surface area contributed by atoms with Crippen LogP contribution in [0.4, 0.5) is 17.2 Å². The summed E-state index contributed by atoms with van der Waals surface area (Å²) in [6, 6.07) is 12.6. The van der Waals surface area contributed by atoms with Gasteiger partial charge in [0.2, 0.25) is 0 Å². The first-order valence-corrected chi connectivity index (χ1v) is 6.74. The van der Waals surface area contributed by atoms with Crippen LogP contribution in [0.1, 0.15) is 5.56 Å². The Balaban J connectivity index is 1.92. The van der Waals surface area contributed by atoms with Crippen LogP contribution in [0.2, 0.25) is 0 Å². The number of nitrogens with one attached hydrogen (secondary N) is 3. The molecule has 0 amide bonds. The Morgan fingerprint density at radius 3 is 2.75 bits per heavy atom. The van der Waals surface area contributed by atoms with E-state index in [-0.39, 0.29) is 6.29 Å². The molecule has 3 rings (SSSR count). The molecule has 1 atom stereocenters. The summed E-state index contributed by atoms with van der Waals surface area (Å²) in [6.45, 7) is 0.835. The Hall–Kier alpha value is -2.27. The van der Waals surface area contributed by atoms with Gasteiger partial charge in [-0.1, -0.05) is 30.3 Å². The quantitative estimate of drug-likeness (QED) is 0.793. The van der Waals surface area contributed by atoms with Crippen LogP contribution < -0.4 is 20.9 Å². The Kier molecular flexibility index (Phi) is 3.43. The summed E-state index contributed by atoms with van der Waals surface area (Å²) < 4.78 is 0. The SMILES string of the molecule is CNc1cnc2c(c1)N(Cc1ccccc1)C(NC)N2. The molecule has 0 saturated heterocycles. The van der Waals surface area contributed by atoms with Crippen LogP contribution in [-0.2, 0) is 6.54 Å². The predicted octanol–water partition coefficient (Wildman–Crippen LogP) is 2.06. The summed E-state index contributed by atoms with van der Waals surface area (Å²) in [6.07, 6.45) is 1.90. The molecule has 1 aliphatic rings. The molecule has 0 fully saturated rings. The zero-order chi connectivity index (χ0) is 13.9. The van der Waals surface area contributed by atoms with Crippen molar-refractivity contribution in [3.63, 3.8) is 0 Å². The van der Waals surface area contributed by atoms with Gasteiger partial charge in [-0.05, 0) is 18.7 Å². The second kappa shape index (κ2) is 5.38. The van der Waals surface area contributed by atoms with Gasteiger partial charge in [0.05, 0.1) is 17.6 Å². The van der Waals surface area contributed by atoms with Gasteiger partial charge in [0.1, 0.15) is 0 Å². The van der Waals surface area contributed by atoms with E-state index in [1.54, 1.807) is 0 Å². The Morgan fingerprint density at radius 1 is 1.25 bits per heavy atom. The summed E-state index contributed by atoms with van der Waals surface area (Å²) in [5, 5.41) is 9.79. The van der Waals surface area contributed by atoms with Crippen LogP contribution in [0.5, 0.6) is 0 Å². The zero-order valence-corrected chi connectivity index (χ0v) is 11.7. The van der Waals surface area contributed by atoms with E-state index in [2.05, 4.69) is 56.2 Å². The van der Waals surface area contributed by atoms with E-state index in [0.717, 1.165) is 23.7 Å². The minimum atomic E-state index is 0.0600. The van der Waals surface area contributed by atoms with Crippen molar-refractivity contribution in [3.8, 4) is 0 Å². The molecule has 3 N–H and O–H groups in total. The number of benzene rings is 1. The summed E-state index contributed by atoms with van der Waals surface area (Å²) >= 11 is 0. The van der Waals surface area contributed by atoms with Crippen molar-refractivity contribution >= 4 is 17.2 Å². The highest BCUT2D eigenvalue weighted by atomic mass is 15.4. The van der Waals surface area contributed by atoms with Crippen LogP contribution in [-0.4, -0.2) is 25.4 Å². The van der Waals surface area contributed by atoms with Gasteiger partial charge in [0, 0.05) is 13.6 Å². The molecule has 2 aromatic rings. The molecule has 1 aliphatic heterocycles. The number of rotatable bonds is 4. The fourth-order valence-corrected chi connectivity index (χ4v) is 2.45. The van der Waals surface area contributed by atoms with Crippen LogP contribution in [0.25, 0.3) is 0 Å². The first-order chi connectivity index (χ1) is 9.81. The first-order valence-electron chi connectivity index (χ1n) is 6.74. The number of hydrogen-bond donors (Lipinski definition) is 3. The Morgan fingerprint density at radius 2 is 2.05 bits per heavy atom. The third kappa shape index (κ3) is 2.28. The van der Waals surface area contributed by atoms with Gasteiger partial charge in [-0.3, -0.25) is 5.32 Å². The van der Waals surface area contributed by atoms with Gasteiger partial charge in [0.25, 0.3) is 0 Å². The molecule has 0 spiro atoms. The van der Waals surface area contributed by atoms with Crippen molar-refractivity contribution in [2.45, 2.75) is 12.8 Å². The lowest BCUT2D eigenvalue weighted by Crippen LogP contribution is -2.45. The highest BCUT2D eigenvalue weighted by molar-refractivity contribution is 5.75. The number of fused-ring (bicyclic) bond motifs is 1. The molecule has 104 valence electrons. The number of nitrogens with zero attached hydrogens (tertiary/aromatic N) is 2. The molecule has 0 aliphatic carbocycles. The molecule has 1 aromatic carbocycles. The zero-order valence-electron chi connectivity index (χ0n) is 11.7. The lowest BCUT2D eigenvalue weighted by Gasteiger charge is -2.26. The van der Waals surface area contributed by atoms with Gasteiger partial charge >= 0.3 is 0 Å². The Bertz CT molecular complexity index is 584. The second-order valence-corrected chi connectivity index (χ2v) is 4.79. The predicted molar refractivity (Wildman–Crippen MR) is 82.9 cm³/mol. The first kappa shape index (κ1) is 12.7. The molecule has 1 aromatic heterocycles. The maximum absolute atomic E-state index is 4.46. The summed E-state index contributed by atoms with van der Waals surface area (Å²) in [5.41, 5.74) is 3.40. The third-order valence-electron chi connectivity index (χ3n) is 3.52. The molecule has 2 heterocycles. The second-order valence-electron chi connectivity index (χ2n) is 4.79. The van der Waals surface area contributed by atoms with Crippen LogP contribution in [0.3, 0.4) is 0 Å². The highest BCUT2D eigenvalue weighted by Gasteiger charge is 2.28. The molecular weight excluding hydrogens is 250 g/mol. The van der Waals surface area contributed by atoms with Gasteiger partial charge in [-0.15, -0.1) is 0 Å². The van der Waals surface area contributed by atoms with Crippen LogP contribution in [0, 0.1) is 0 Å². The van der Waals surface area contributed by atoms with Gasteiger partial charge < -0.3 is 15.5 Å². The lowest BCUT2D eigenvalue weighted by atomic mass is 10.2. The largest absolute Gasteiger partial charge is 0.387 e. The molecule has 5 nitrogen and oxygen atoms in total. The lowest BCUT2D eigenvalue weighted by molar-refractivity contribution is 0.594. The van der Waals surface area contributed by atoms with E-state index in [1.807, 2.05) is 26.4 Å². The number of hydrogen-bond acceptors (Lipinski definition) is 5. The Labute approximate surface area is 119 Å². The van der Waals surface area contributed by atoms with Crippen LogP contribution >= 0.6 is 0 Å².